The molecule has 1 aliphatic carbocycles. The molecule has 0 radical (unpaired) electrons. The lowest BCUT2D eigenvalue weighted by Gasteiger charge is -2.19. The summed E-state index contributed by atoms with van der Waals surface area (Å²) in [6, 6.07) is 10.3. The number of benzene rings is 1. The van der Waals surface area contributed by atoms with Crippen molar-refractivity contribution in [3.05, 3.63) is 47.2 Å². The number of aromatic nitrogens is 5. The van der Waals surface area contributed by atoms with E-state index in [1.165, 1.54) is 24.0 Å². The lowest BCUT2D eigenvalue weighted by atomic mass is 9.96. The van der Waals surface area contributed by atoms with Crippen LogP contribution in [-0.2, 0) is 19.4 Å². The molecule has 0 atom stereocenters. The zero-order chi connectivity index (χ0) is 14.1. The number of anilines is 1. The lowest BCUT2D eigenvalue weighted by Crippen LogP contribution is -2.15. The van der Waals surface area contributed by atoms with Crippen molar-refractivity contribution in [1.29, 1.82) is 0 Å². The summed E-state index contributed by atoms with van der Waals surface area (Å²) in [7, 11) is 0. The van der Waals surface area contributed by atoms with Gasteiger partial charge in [0.2, 0.25) is 0 Å². The van der Waals surface area contributed by atoms with Crippen molar-refractivity contribution in [2.24, 2.45) is 0 Å². The molecule has 0 fully saturated rings. The minimum absolute atomic E-state index is 0.575. The summed E-state index contributed by atoms with van der Waals surface area (Å²) in [4.78, 5) is 4.58. The van der Waals surface area contributed by atoms with Crippen LogP contribution in [-0.4, -0.2) is 25.0 Å². The average Bonchev–Trinajstić information content (AvgIpc) is 3.00. The standard InChI is InChI=1S/C15H16N6/c1-2-6-11(7-3-1)10-16-14-12-8-4-5-9-13(12)17-15-18-19-20-21(14)15/h1-3,6-7,16H,4-5,8-10H2. The number of hydrogen-bond donors (Lipinski definition) is 1. The molecule has 1 N–H and O–H groups in total. The van der Waals surface area contributed by atoms with Gasteiger partial charge in [-0.3, -0.25) is 0 Å². The summed E-state index contributed by atoms with van der Waals surface area (Å²) < 4.78 is 1.72. The van der Waals surface area contributed by atoms with E-state index in [-0.39, 0.29) is 0 Å². The summed E-state index contributed by atoms with van der Waals surface area (Å²) in [5.74, 6) is 1.56. The summed E-state index contributed by atoms with van der Waals surface area (Å²) in [5.41, 5.74) is 3.64. The molecule has 2 aromatic heterocycles. The largest absolute Gasteiger partial charge is 0.365 e. The van der Waals surface area contributed by atoms with Crippen molar-refractivity contribution in [3.63, 3.8) is 0 Å². The molecule has 0 bridgehead atoms. The molecule has 0 saturated carbocycles. The fourth-order valence-electron chi connectivity index (χ4n) is 2.88. The van der Waals surface area contributed by atoms with E-state index < -0.39 is 0 Å². The zero-order valence-electron chi connectivity index (χ0n) is 11.7. The first-order valence-electron chi connectivity index (χ1n) is 7.29. The second kappa shape index (κ2) is 5.12. The van der Waals surface area contributed by atoms with Gasteiger partial charge in [-0.05, 0) is 41.7 Å². The number of rotatable bonds is 3. The van der Waals surface area contributed by atoms with Gasteiger partial charge in [0.25, 0.3) is 5.78 Å². The maximum absolute atomic E-state index is 4.58. The first kappa shape index (κ1) is 12.3. The first-order valence-corrected chi connectivity index (χ1v) is 7.29. The predicted octanol–water partition coefficient (Wildman–Crippen LogP) is 2.01. The van der Waals surface area contributed by atoms with Crippen molar-refractivity contribution >= 4 is 11.6 Å². The number of tetrazole rings is 1. The topological polar surface area (TPSA) is 68.0 Å². The van der Waals surface area contributed by atoms with Crippen molar-refractivity contribution < 1.29 is 0 Å². The molecule has 0 aliphatic heterocycles. The molecule has 21 heavy (non-hydrogen) atoms. The Kier molecular flexibility index (Phi) is 2.99. The van der Waals surface area contributed by atoms with Crippen LogP contribution in [0.5, 0.6) is 0 Å². The number of nitrogens with zero attached hydrogens (tertiary/aromatic N) is 5. The molecule has 6 heteroatoms. The molecular formula is C15H16N6. The molecule has 0 saturated heterocycles. The lowest BCUT2D eigenvalue weighted by molar-refractivity contribution is 0.659. The third-order valence-corrected chi connectivity index (χ3v) is 3.93. The molecule has 3 aromatic rings. The van der Waals surface area contributed by atoms with Crippen LogP contribution in [0.25, 0.3) is 5.78 Å². The Morgan fingerprint density at radius 2 is 1.95 bits per heavy atom. The van der Waals surface area contributed by atoms with E-state index in [2.05, 4.69) is 38.0 Å². The van der Waals surface area contributed by atoms with Gasteiger partial charge in [-0.15, -0.1) is 0 Å². The zero-order valence-corrected chi connectivity index (χ0v) is 11.7. The highest BCUT2D eigenvalue weighted by molar-refractivity contribution is 5.53. The number of hydrogen-bond acceptors (Lipinski definition) is 5. The molecule has 1 aliphatic rings. The van der Waals surface area contributed by atoms with E-state index in [1.807, 2.05) is 18.2 Å². The van der Waals surface area contributed by atoms with Crippen LogP contribution >= 0.6 is 0 Å². The predicted molar refractivity (Wildman–Crippen MR) is 79.0 cm³/mol. The van der Waals surface area contributed by atoms with Gasteiger partial charge >= 0.3 is 0 Å². The number of fused-ring (bicyclic) bond motifs is 2. The van der Waals surface area contributed by atoms with E-state index >= 15 is 0 Å². The van der Waals surface area contributed by atoms with E-state index in [4.69, 9.17) is 0 Å². The Hall–Kier alpha value is -2.50. The maximum Gasteiger partial charge on any atom is 0.275 e. The summed E-state index contributed by atoms with van der Waals surface area (Å²) >= 11 is 0. The normalized spacial score (nSPS) is 14.1. The minimum atomic E-state index is 0.575. The molecule has 2 heterocycles. The van der Waals surface area contributed by atoms with Crippen molar-refractivity contribution in [1.82, 2.24) is 25.0 Å². The molecule has 1 aromatic carbocycles. The smallest absolute Gasteiger partial charge is 0.275 e. The Morgan fingerprint density at radius 3 is 2.86 bits per heavy atom. The van der Waals surface area contributed by atoms with Crippen LogP contribution in [0, 0.1) is 0 Å². The van der Waals surface area contributed by atoms with E-state index in [1.54, 1.807) is 4.52 Å². The molecule has 4 rings (SSSR count). The van der Waals surface area contributed by atoms with Crippen LogP contribution in [0.3, 0.4) is 0 Å². The summed E-state index contributed by atoms with van der Waals surface area (Å²) in [6.45, 7) is 0.756. The number of nitrogens with one attached hydrogen (secondary N) is 1. The SMILES string of the molecule is c1ccc(CNc2c3c(nc4nnnn24)CCCC3)cc1. The van der Waals surface area contributed by atoms with Gasteiger partial charge in [0.05, 0.1) is 5.69 Å². The highest BCUT2D eigenvalue weighted by Gasteiger charge is 2.19. The van der Waals surface area contributed by atoms with Crippen molar-refractivity contribution in [2.45, 2.75) is 32.2 Å². The fourth-order valence-corrected chi connectivity index (χ4v) is 2.88. The van der Waals surface area contributed by atoms with Gasteiger partial charge in [0.1, 0.15) is 5.82 Å². The van der Waals surface area contributed by atoms with E-state index in [9.17, 15) is 0 Å². The van der Waals surface area contributed by atoms with Crippen LogP contribution in [0.1, 0.15) is 29.7 Å². The Bertz CT molecular complexity index is 764. The average molecular weight is 280 g/mol. The molecular weight excluding hydrogens is 264 g/mol. The second-order valence-corrected chi connectivity index (χ2v) is 5.32. The minimum Gasteiger partial charge on any atom is -0.365 e. The third-order valence-electron chi connectivity index (χ3n) is 3.93. The van der Waals surface area contributed by atoms with E-state index in [0.29, 0.717) is 5.78 Å². The monoisotopic (exact) mass is 280 g/mol. The van der Waals surface area contributed by atoms with Crippen LogP contribution in [0.2, 0.25) is 0 Å². The summed E-state index contributed by atoms with van der Waals surface area (Å²) in [6.07, 6.45) is 4.44. The third kappa shape index (κ3) is 2.22. The molecule has 0 spiro atoms. The molecule has 106 valence electrons. The Labute approximate surface area is 122 Å². The summed E-state index contributed by atoms with van der Waals surface area (Å²) in [5, 5.41) is 15.3. The fraction of sp³-hybridized carbons (Fsp3) is 0.333. The van der Waals surface area contributed by atoms with Gasteiger partial charge in [0, 0.05) is 12.1 Å². The van der Waals surface area contributed by atoms with E-state index in [0.717, 1.165) is 30.9 Å². The quantitative estimate of drug-likeness (QED) is 0.795. The van der Waals surface area contributed by atoms with Gasteiger partial charge in [-0.2, -0.15) is 4.52 Å². The Balaban J connectivity index is 1.74. The van der Waals surface area contributed by atoms with Crippen LogP contribution in [0.4, 0.5) is 5.82 Å². The highest BCUT2D eigenvalue weighted by Crippen LogP contribution is 2.27. The molecule has 6 nitrogen and oxygen atoms in total. The van der Waals surface area contributed by atoms with Crippen LogP contribution in [0.15, 0.2) is 30.3 Å². The highest BCUT2D eigenvalue weighted by atomic mass is 15.5. The Morgan fingerprint density at radius 1 is 1.10 bits per heavy atom. The first-order chi connectivity index (χ1) is 10.4. The second-order valence-electron chi connectivity index (χ2n) is 5.32. The van der Waals surface area contributed by atoms with Gasteiger partial charge in [-0.1, -0.05) is 35.4 Å². The molecule has 0 unspecified atom stereocenters. The van der Waals surface area contributed by atoms with Gasteiger partial charge in [0.15, 0.2) is 0 Å². The van der Waals surface area contributed by atoms with Crippen LogP contribution < -0.4 is 5.32 Å². The van der Waals surface area contributed by atoms with Crippen molar-refractivity contribution in [2.75, 3.05) is 5.32 Å². The van der Waals surface area contributed by atoms with Gasteiger partial charge < -0.3 is 5.32 Å². The number of aryl methyl sites for hydroxylation is 1. The van der Waals surface area contributed by atoms with Crippen molar-refractivity contribution in [3.8, 4) is 0 Å². The maximum atomic E-state index is 4.58. The molecule has 0 amide bonds. The van der Waals surface area contributed by atoms with Gasteiger partial charge in [-0.25, -0.2) is 4.98 Å².